The molecule has 0 aliphatic carbocycles. The molecule has 0 unspecified atom stereocenters. The zero-order valence-electron chi connectivity index (χ0n) is 10.8. The molecular formula is C12H24F2N2O. The predicted molar refractivity (Wildman–Crippen MR) is 64.4 cm³/mol. The molecule has 1 aliphatic heterocycles. The molecule has 1 rings (SSSR count). The minimum absolute atomic E-state index is 0.125. The van der Waals surface area contributed by atoms with Gasteiger partial charge in [0.2, 0.25) is 0 Å². The number of rotatable bonds is 6. The first-order valence-electron chi connectivity index (χ1n) is 6.44. The van der Waals surface area contributed by atoms with Gasteiger partial charge in [0.25, 0.3) is 6.43 Å². The Balaban J connectivity index is 2.32. The molecule has 0 aromatic heterocycles. The molecule has 0 spiro atoms. The van der Waals surface area contributed by atoms with E-state index in [9.17, 15) is 13.9 Å². The standard InChI is InChI=1S/C12H24F2N2O/c1-3-12(17,4-2)10-16-7-5-15(6-8-16)9-11(13)14/h11,17H,3-10H2,1-2H3. The highest BCUT2D eigenvalue weighted by atomic mass is 19.3. The second-order valence-electron chi connectivity index (χ2n) is 4.90. The second-order valence-corrected chi connectivity index (χ2v) is 4.90. The SMILES string of the molecule is CCC(O)(CC)CN1CCN(CC(F)F)CC1. The van der Waals surface area contributed by atoms with E-state index in [4.69, 9.17) is 0 Å². The van der Waals surface area contributed by atoms with Crippen LogP contribution in [-0.4, -0.2) is 66.2 Å². The van der Waals surface area contributed by atoms with Crippen LogP contribution in [0.2, 0.25) is 0 Å². The van der Waals surface area contributed by atoms with Gasteiger partial charge in [0.15, 0.2) is 0 Å². The van der Waals surface area contributed by atoms with Gasteiger partial charge in [-0.1, -0.05) is 13.8 Å². The average molecular weight is 250 g/mol. The lowest BCUT2D eigenvalue weighted by Crippen LogP contribution is -2.52. The molecule has 0 saturated carbocycles. The van der Waals surface area contributed by atoms with E-state index in [0.717, 1.165) is 25.9 Å². The van der Waals surface area contributed by atoms with Gasteiger partial charge in [-0.15, -0.1) is 0 Å². The summed E-state index contributed by atoms with van der Waals surface area (Å²) in [6, 6.07) is 0. The third kappa shape index (κ3) is 4.85. The van der Waals surface area contributed by atoms with Gasteiger partial charge in [-0.3, -0.25) is 9.80 Å². The highest BCUT2D eigenvalue weighted by Gasteiger charge is 2.28. The Hall–Kier alpha value is -0.260. The maximum atomic E-state index is 12.2. The first-order valence-corrected chi connectivity index (χ1v) is 6.44. The van der Waals surface area contributed by atoms with Gasteiger partial charge in [-0.05, 0) is 12.8 Å². The lowest BCUT2D eigenvalue weighted by Gasteiger charge is -2.38. The number of β-amino-alcohol motifs (C(OH)–C–C–N with tert-alkyl or cyclic N) is 1. The summed E-state index contributed by atoms with van der Waals surface area (Å²) in [6.45, 7) is 7.39. The van der Waals surface area contributed by atoms with E-state index in [1.807, 2.05) is 13.8 Å². The Morgan fingerprint density at radius 1 is 1.06 bits per heavy atom. The Labute approximate surface area is 102 Å². The second kappa shape index (κ2) is 6.61. The van der Waals surface area contributed by atoms with Gasteiger partial charge in [-0.2, -0.15) is 0 Å². The van der Waals surface area contributed by atoms with Crippen LogP contribution in [0.4, 0.5) is 8.78 Å². The Bertz CT molecular complexity index is 215. The Morgan fingerprint density at radius 2 is 1.53 bits per heavy atom. The third-order valence-electron chi connectivity index (χ3n) is 3.70. The Kier molecular flexibility index (Phi) is 5.76. The van der Waals surface area contributed by atoms with Crippen molar-refractivity contribution >= 4 is 0 Å². The number of halogens is 2. The maximum Gasteiger partial charge on any atom is 0.251 e. The Morgan fingerprint density at radius 3 is 1.94 bits per heavy atom. The number of hydrogen-bond donors (Lipinski definition) is 1. The summed E-state index contributed by atoms with van der Waals surface area (Å²) in [4.78, 5) is 3.97. The summed E-state index contributed by atoms with van der Waals surface area (Å²) in [5, 5.41) is 10.2. The minimum atomic E-state index is -2.25. The predicted octanol–water partition coefficient (Wildman–Crippen LogP) is 1.42. The van der Waals surface area contributed by atoms with E-state index in [2.05, 4.69) is 4.90 Å². The van der Waals surface area contributed by atoms with Gasteiger partial charge in [0.1, 0.15) is 0 Å². The van der Waals surface area contributed by atoms with Gasteiger partial charge in [0, 0.05) is 32.7 Å². The normalized spacial score (nSPS) is 20.1. The van der Waals surface area contributed by atoms with Crippen molar-refractivity contribution in [3.05, 3.63) is 0 Å². The first kappa shape index (κ1) is 14.8. The van der Waals surface area contributed by atoms with E-state index in [1.165, 1.54) is 0 Å². The van der Waals surface area contributed by atoms with Crippen molar-refractivity contribution in [1.82, 2.24) is 9.80 Å². The average Bonchev–Trinajstić information content (AvgIpc) is 2.31. The number of hydrogen-bond acceptors (Lipinski definition) is 3. The summed E-state index contributed by atoms with van der Waals surface area (Å²) in [6.07, 6.45) is -0.772. The van der Waals surface area contributed by atoms with Crippen LogP contribution >= 0.6 is 0 Å². The summed E-state index contributed by atoms with van der Waals surface area (Å²) in [5.41, 5.74) is -0.620. The van der Waals surface area contributed by atoms with E-state index in [-0.39, 0.29) is 6.54 Å². The van der Waals surface area contributed by atoms with Crippen molar-refractivity contribution < 1.29 is 13.9 Å². The lowest BCUT2D eigenvalue weighted by molar-refractivity contribution is -0.0208. The molecule has 0 bridgehead atoms. The molecular weight excluding hydrogens is 226 g/mol. The number of alkyl halides is 2. The highest BCUT2D eigenvalue weighted by Crippen LogP contribution is 2.17. The fourth-order valence-corrected chi connectivity index (χ4v) is 2.21. The summed E-state index contributed by atoms with van der Waals surface area (Å²) >= 11 is 0. The van der Waals surface area contributed by atoms with Crippen molar-refractivity contribution in [2.45, 2.75) is 38.7 Å². The largest absolute Gasteiger partial charge is 0.389 e. The number of nitrogens with zero attached hydrogens (tertiary/aromatic N) is 2. The zero-order chi connectivity index (χ0) is 12.9. The molecule has 1 N–H and O–H groups in total. The molecule has 102 valence electrons. The summed E-state index contributed by atoms with van der Waals surface area (Å²) in [7, 11) is 0. The van der Waals surface area contributed by atoms with Crippen molar-refractivity contribution in [3.8, 4) is 0 Å². The van der Waals surface area contributed by atoms with Crippen LogP contribution in [0, 0.1) is 0 Å². The van der Waals surface area contributed by atoms with Crippen LogP contribution in [0.15, 0.2) is 0 Å². The molecule has 1 heterocycles. The molecule has 1 aliphatic rings. The van der Waals surface area contributed by atoms with Gasteiger partial charge in [-0.25, -0.2) is 8.78 Å². The van der Waals surface area contributed by atoms with E-state index < -0.39 is 12.0 Å². The summed E-state index contributed by atoms with van der Waals surface area (Å²) in [5.74, 6) is 0. The maximum absolute atomic E-state index is 12.2. The van der Waals surface area contributed by atoms with Crippen LogP contribution in [0.5, 0.6) is 0 Å². The van der Waals surface area contributed by atoms with Crippen LogP contribution in [0.1, 0.15) is 26.7 Å². The molecule has 17 heavy (non-hydrogen) atoms. The minimum Gasteiger partial charge on any atom is -0.389 e. The fraction of sp³-hybridized carbons (Fsp3) is 1.00. The third-order valence-corrected chi connectivity index (χ3v) is 3.70. The van der Waals surface area contributed by atoms with E-state index in [0.29, 0.717) is 19.6 Å². The van der Waals surface area contributed by atoms with Crippen LogP contribution < -0.4 is 0 Å². The quantitative estimate of drug-likeness (QED) is 0.772. The van der Waals surface area contributed by atoms with Gasteiger partial charge in [0.05, 0.1) is 12.1 Å². The van der Waals surface area contributed by atoms with Gasteiger partial charge < -0.3 is 5.11 Å². The first-order chi connectivity index (χ1) is 7.99. The van der Waals surface area contributed by atoms with Crippen molar-refractivity contribution in [1.29, 1.82) is 0 Å². The van der Waals surface area contributed by atoms with Crippen molar-refractivity contribution in [2.75, 3.05) is 39.3 Å². The molecule has 0 aromatic carbocycles. The molecule has 1 fully saturated rings. The lowest BCUT2D eigenvalue weighted by atomic mass is 9.96. The van der Waals surface area contributed by atoms with Crippen LogP contribution in [0.3, 0.4) is 0 Å². The molecule has 3 nitrogen and oxygen atoms in total. The summed E-state index contributed by atoms with van der Waals surface area (Å²) < 4.78 is 24.4. The fourth-order valence-electron chi connectivity index (χ4n) is 2.21. The molecule has 0 aromatic rings. The zero-order valence-corrected chi connectivity index (χ0v) is 10.8. The van der Waals surface area contributed by atoms with Crippen LogP contribution in [0.25, 0.3) is 0 Å². The molecule has 5 heteroatoms. The molecule has 1 saturated heterocycles. The number of aliphatic hydroxyl groups is 1. The van der Waals surface area contributed by atoms with Gasteiger partial charge >= 0.3 is 0 Å². The topological polar surface area (TPSA) is 26.7 Å². The monoisotopic (exact) mass is 250 g/mol. The van der Waals surface area contributed by atoms with E-state index in [1.54, 1.807) is 4.90 Å². The smallest absolute Gasteiger partial charge is 0.251 e. The van der Waals surface area contributed by atoms with E-state index >= 15 is 0 Å². The van der Waals surface area contributed by atoms with Crippen molar-refractivity contribution in [3.63, 3.8) is 0 Å². The highest BCUT2D eigenvalue weighted by molar-refractivity contribution is 4.82. The molecule has 0 atom stereocenters. The molecule has 0 amide bonds. The molecule has 0 radical (unpaired) electrons. The van der Waals surface area contributed by atoms with Crippen molar-refractivity contribution in [2.24, 2.45) is 0 Å². The van der Waals surface area contributed by atoms with Crippen LogP contribution in [-0.2, 0) is 0 Å². The number of piperazine rings is 1.